The molecule has 8 heteroatoms. The van der Waals surface area contributed by atoms with Crippen LogP contribution < -0.4 is 10.0 Å². The number of pyridine rings is 1. The summed E-state index contributed by atoms with van der Waals surface area (Å²) in [6.45, 7) is 3.81. The van der Waals surface area contributed by atoms with Crippen LogP contribution in [0.15, 0.2) is 42.6 Å². The molecule has 7 nitrogen and oxygen atoms in total. The second-order valence-electron chi connectivity index (χ2n) is 6.76. The van der Waals surface area contributed by atoms with Crippen molar-refractivity contribution in [3.63, 3.8) is 0 Å². The molecule has 0 radical (unpaired) electrons. The normalized spacial score (nSPS) is 11.6. The Balaban J connectivity index is 2.25. The number of likely N-dealkylation sites (N-methyl/N-ethyl adjacent to an activating group) is 1. The number of carbonyl (C=O) groups excluding carboxylic acids is 2. The SMILES string of the molecule is CC(C)C[C@H](NC(=O)c1ccc(-c2ccccc2Cl)[n+]([O-])c1)C(=O)N(C)C#N. The molecule has 2 amide bonds. The lowest BCUT2D eigenvalue weighted by Gasteiger charge is -2.21. The molecule has 0 unspecified atom stereocenters. The van der Waals surface area contributed by atoms with Crippen molar-refractivity contribution in [2.75, 3.05) is 7.05 Å². The van der Waals surface area contributed by atoms with E-state index in [4.69, 9.17) is 16.9 Å². The fraction of sp³-hybridized carbons (Fsp3) is 0.300. The van der Waals surface area contributed by atoms with E-state index in [1.54, 1.807) is 30.5 Å². The standard InChI is InChI=1S/C20H21ClN4O3/c1-13(2)10-17(20(27)24(3)12-22)23-19(26)14-8-9-18(25(28)11-14)15-6-4-5-7-16(15)21/h4-9,11,13,17H,10H2,1-3H3,(H,23,26)/t17-/m0/s1. The Morgan fingerprint density at radius 1 is 1.29 bits per heavy atom. The van der Waals surface area contributed by atoms with Gasteiger partial charge in [0.15, 0.2) is 12.4 Å². The molecule has 2 rings (SSSR count). The van der Waals surface area contributed by atoms with Gasteiger partial charge in [0.2, 0.25) is 5.69 Å². The predicted molar refractivity (Wildman–Crippen MR) is 105 cm³/mol. The van der Waals surface area contributed by atoms with E-state index < -0.39 is 17.9 Å². The quantitative estimate of drug-likeness (QED) is 0.348. The number of nitrogens with one attached hydrogen (secondary N) is 1. The van der Waals surface area contributed by atoms with Gasteiger partial charge in [0.05, 0.1) is 10.6 Å². The van der Waals surface area contributed by atoms with Crippen LogP contribution in [0.4, 0.5) is 0 Å². The van der Waals surface area contributed by atoms with E-state index in [0.29, 0.717) is 27.4 Å². The molecule has 0 saturated heterocycles. The number of aromatic nitrogens is 1. The minimum absolute atomic E-state index is 0.104. The lowest BCUT2D eigenvalue weighted by atomic mass is 10.0. The van der Waals surface area contributed by atoms with E-state index >= 15 is 0 Å². The molecular weight excluding hydrogens is 380 g/mol. The van der Waals surface area contributed by atoms with Crippen molar-refractivity contribution in [1.82, 2.24) is 10.2 Å². The molecule has 28 heavy (non-hydrogen) atoms. The second kappa shape index (κ2) is 9.20. The van der Waals surface area contributed by atoms with Crippen molar-refractivity contribution in [3.8, 4) is 17.5 Å². The Morgan fingerprint density at radius 3 is 2.54 bits per heavy atom. The maximum absolute atomic E-state index is 12.6. The van der Waals surface area contributed by atoms with Crippen LogP contribution in [-0.2, 0) is 4.79 Å². The Morgan fingerprint density at radius 2 is 1.96 bits per heavy atom. The van der Waals surface area contributed by atoms with Gasteiger partial charge in [-0.15, -0.1) is 0 Å². The van der Waals surface area contributed by atoms with Crippen LogP contribution in [0.3, 0.4) is 0 Å². The number of rotatable bonds is 6. The number of amides is 2. The van der Waals surface area contributed by atoms with Crippen molar-refractivity contribution in [2.24, 2.45) is 5.92 Å². The highest BCUT2D eigenvalue weighted by atomic mass is 35.5. The zero-order valence-electron chi connectivity index (χ0n) is 15.8. The van der Waals surface area contributed by atoms with Crippen LogP contribution in [0.2, 0.25) is 5.02 Å². The average Bonchev–Trinajstić information content (AvgIpc) is 2.66. The monoisotopic (exact) mass is 400 g/mol. The van der Waals surface area contributed by atoms with Gasteiger partial charge in [0.1, 0.15) is 11.6 Å². The van der Waals surface area contributed by atoms with Gasteiger partial charge in [-0.3, -0.25) is 14.5 Å². The van der Waals surface area contributed by atoms with Crippen LogP contribution in [0, 0.1) is 22.6 Å². The van der Waals surface area contributed by atoms with Gasteiger partial charge in [-0.05, 0) is 30.5 Å². The summed E-state index contributed by atoms with van der Waals surface area (Å²) in [5, 5.41) is 24.4. The van der Waals surface area contributed by atoms with Gasteiger partial charge in [-0.25, -0.2) is 0 Å². The smallest absolute Gasteiger partial charge is 0.258 e. The van der Waals surface area contributed by atoms with Crippen molar-refractivity contribution >= 4 is 23.4 Å². The molecule has 0 saturated carbocycles. The second-order valence-corrected chi connectivity index (χ2v) is 7.17. The first-order valence-electron chi connectivity index (χ1n) is 8.70. The summed E-state index contributed by atoms with van der Waals surface area (Å²) < 4.78 is 0.566. The van der Waals surface area contributed by atoms with Crippen molar-refractivity contribution < 1.29 is 14.3 Å². The fourth-order valence-corrected chi connectivity index (χ4v) is 2.94. The van der Waals surface area contributed by atoms with Gasteiger partial charge >= 0.3 is 0 Å². The lowest BCUT2D eigenvalue weighted by Crippen LogP contribution is -2.47. The number of nitrogens with zero attached hydrogens (tertiary/aromatic N) is 3. The molecule has 1 aromatic heterocycles. The molecule has 1 heterocycles. The maximum Gasteiger partial charge on any atom is 0.258 e. The van der Waals surface area contributed by atoms with Gasteiger partial charge in [0, 0.05) is 13.1 Å². The van der Waals surface area contributed by atoms with Crippen LogP contribution in [-0.4, -0.2) is 29.8 Å². The molecule has 0 aliphatic rings. The van der Waals surface area contributed by atoms with Crippen molar-refractivity contribution in [3.05, 3.63) is 58.4 Å². The zero-order chi connectivity index (χ0) is 20.8. The molecule has 0 aliphatic carbocycles. The third-order valence-corrected chi connectivity index (χ3v) is 4.45. The van der Waals surface area contributed by atoms with E-state index in [0.717, 1.165) is 11.1 Å². The van der Waals surface area contributed by atoms with Crippen LogP contribution in [0.25, 0.3) is 11.3 Å². The molecule has 0 fully saturated rings. The summed E-state index contributed by atoms with van der Waals surface area (Å²) in [5.74, 6) is -0.957. The molecule has 0 spiro atoms. The molecule has 0 bridgehead atoms. The van der Waals surface area contributed by atoms with E-state index in [1.807, 2.05) is 13.8 Å². The predicted octanol–water partition coefficient (Wildman–Crippen LogP) is 2.72. The molecule has 146 valence electrons. The number of benzene rings is 1. The number of nitriles is 1. The summed E-state index contributed by atoms with van der Waals surface area (Å²) in [6, 6.07) is 9.03. The minimum atomic E-state index is -0.861. The number of hydrogen-bond acceptors (Lipinski definition) is 4. The molecule has 1 N–H and O–H groups in total. The number of hydrogen-bond donors (Lipinski definition) is 1. The number of carbonyl (C=O) groups is 2. The molecular formula is C20H21ClN4O3. The lowest BCUT2D eigenvalue weighted by molar-refractivity contribution is -0.593. The summed E-state index contributed by atoms with van der Waals surface area (Å²) in [4.78, 5) is 25.8. The third-order valence-electron chi connectivity index (χ3n) is 4.12. The van der Waals surface area contributed by atoms with Crippen molar-refractivity contribution in [2.45, 2.75) is 26.3 Å². The van der Waals surface area contributed by atoms with E-state index in [-0.39, 0.29) is 11.5 Å². The van der Waals surface area contributed by atoms with Crippen LogP contribution in [0.5, 0.6) is 0 Å². The Kier molecular flexibility index (Phi) is 6.96. The highest BCUT2D eigenvalue weighted by Gasteiger charge is 2.26. The van der Waals surface area contributed by atoms with Crippen LogP contribution >= 0.6 is 11.6 Å². The summed E-state index contributed by atoms with van der Waals surface area (Å²) in [6.07, 6.45) is 3.24. The fourth-order valence-electron chi connectivity index (χ4n) is 2.71. The summed E-state index contributed by atoms with van der Waals surface area (Å²) >= 11 is 6.13. The van der Waals surface area contributed by atoms with Crippen molar-refractivity contribution in [1.29, 1.82) is 5.26 Å². The first kappa shape index (κ1) is 21.2. The largest absolute Gasteiger partial charge is 0.618 e. The molecule has 1 atom stereocenters. The first-order valence-corrected chi connectivity index (χ1v) is 9.08. The highest BCUT2D eigenvalue weighted by Crippen LogP contribution is 2.24. The van der Waals surface area contributed by atoms with Gasteiger partial charge in [-0.1, -0.05) is 37.6 Å². The highest BCUT2D eigenvalue weighted by molar-refractivity contribution is 6.33. The Hall–Kier alpha value is -3.11. The number of halogens is 1. The van der Waals surface area contributed by atoms with E-state index in [2.05, 4.69) is 5.32 Å². The third kappa shape index (κ3) is 4.99. The van der Waals surface area contributed by atoms with Crippen LogP contribution in [0.1, 0.15) is 30.6 Å². The van der Waals surface area contributed by atoms with E-state index in [9.17, 15) is 14.8 Å². The van der Waals surface area contributed by atoms with Gasteiger partial charge in [0.25, 0.3) is 11.8 Å². The molecule has 2 aromatic rings. The Labute approximate surface area is 168 Å². The topological polar surface area (TPSA) is 100 Å². The minimum Gasteiger partial charge on any atom is -0.618 e. The first-order chi connectivity index (χ1) is 13.2. The van der Waals surface area contributed by atoms with Gasteiger partial charge in [-0.2, -0.15) is 9.99 Å². The summed E-state index contributed by atoms with van der Waals surface area (Å²) in [7, 11) is 1.34. The Bertz CT molecular complexity index is 924. The van der Waals surface area contributed by atoms with E-state index in [1.165, 1.54) is 19.2 Å². The molecule has 0 aliphatic heterocycles. The molecule has 1 aromatic carbocycles. The zero-order valence-corrected chi connectivity index (χ0v) is 16.6. The average molecular weight is 401 g/mol. The van der Waals surface area contributed by atoms with Gasteiger partial charge < -0.3 is 10.5 Å². The summed E-state index contributed by atoms with van der Waals surface area (Å²) in [5.41, 5.74) is 0.961. The maximum atomic E-state index is 12.6.